The number of aromatic nitrogens is 2. The van der Waals surface area contributed by atoms with Gasteiger partial charge >= 0.3 is 6.03 Å². The highest BCUT2D eigenvalue weighted by atomic mass is 19.1. The number of likely N-dealkylation sites (N-methyl/N-ethyl adjacent to an activating group) is 1. The molecule has 0 atom stereocenters. The number of hydrogen-bond acceptors (Lipinski definition) is 7. The second kappa shape index (κ2) is 9.51. The van der Waals surface area contributed by atoms with Crippen LogP contribution in [-0.2, 0) is 28.0 Å². The number of carbonyl (C=O) groups excluding carboxylic acids is 2. The van der Waals surface area contributed by atoms with Crippen LogP contribution >= 0.6 is 0 Å². The van der Waals surface area contributed by atoms with Crippen LogP contribution in [-0.4, -0.2) is 78.1 Å². The Balaban J connectivity index is 1.44. The van der Waals surface area contributed by atoms with Crippen molar-refractivity contribution >= 4 is 17.6 Å². The van der Waals surface area contributed by atoms with Gasteiger partial charge in [0.15, 0.2) is 5.69 Å². The average molecular weight is 502 g/mol. The second-order valence-corrected chi connectivity index (χ2v) is 9.35. The Morgan fingerprint density at radius 2 is 1.94 bits per heavy atom. The first-order valence-corrected chi connectivity index (χ1v) is 11.9. The molecule has 1 aromatic heterocycles. The van der Waals surface area contributed by atoms with Gasteiger partial charge in [-0.2, -0.15) is 0 Å². The van der Waals surface area contributed by atoms with E-state index in [9.17, 15) is 23.9 Å². The summed E-state index contributed by atoms with van der Waals surface area (Å²) in [7, 11) is 1.66. The maximum atomic E-state index is 14.0. The predicted molar refractivity (Wildman–Crippen MR) is 126 cm³/mol. The van der Waals surface area contributed by atoms with Gasteiger partial charge in [-0.25, -0.2) is 14.2 Å². The van der Waals surface area contributed by atoms with Crippen molar-refractivity contribution in [1.29, 1.82) is 0 Å². The SMILES string of the molecule is CN1CCN(c2cc(F)ccc2CNC(=O)c2nc3n(c(=O)c2O)CCOCC32CCOCC2)C1=O. The van der Waals surface area contributed by atoms with Crippen LogP contribution in [0.4, 0.5) is 14.9 Å². The highest BCUT2D eigenvalue weighted by Crippen LogP contribution is 2.36. The van der Waals surface area contributed by atoms with Gasteiger partial charge in [-0.1, -0.05) is 6.07 Å². The minimum Gasteiger partial charge on any atom is -0.501 e. The number of anilines is 1. The van der Waals surface area contributed by atoms with Gasteiger partial charge in [-0.3, -0.25) is 19.1 Å². The van der Waals surface area contributed by atoms with Crippen molar-refractivity contribution in [3.8, 4) is 5.75 Å². The zero-order valence-electron chi connectivity index (χ0n) is 20.0. The number of urea groups is 1. The summed E-state index contributed by atoms with van der Waals surface area (Å²) in [6.45, 7) is 2.61. The number of fused-ring (bicyclic) bond motifs is 2. The number of benzene rings is 1. The molecule has 192 valence electrons. The highest BCUT2D eigenvalue weighted by Gasteiger charge is 2.41. The molecular weight excluding hydrogens is 473 g/mol. The number of carbonyl (C=O) groups is 2. The van der Waals surface area contributed by atoms with Crippen LogP contribution in [0.25, 0.3) is 0 Å². The van der Waals surface area contributed by atoms with E-state index in [1.165, 1.54) is 32.6 Å². The molecule has 5 rings (SSSR count). The first-order chi connectivity index (χ1) is 17.3. The largest absolute Gasteiger partial charge is 0.501 e. The molecule has 11 nitrogen and oxygen atoms in total. The molecule has 0 aliphatic carbocycles. The molecule has 0 unspecified atom stereocenters. The minimum absolute atomic E-state index is 0.0659. The van der Waals surface area contributed by atoms with Gasteiger partial charge in [-0.05, 0) is 30.5 Å². The molecule has 12 heteroatoms. The normalized spacial score (nSPS) is 19.3. The molecule has 1 aromatic carbocycles. The van der Waals surface area contributed by atoms with Gasteiger partial charge < -0.3 is 24.8 Å². The lowest BCUT2D eigenvalue weighted by atomic mass is 9.80. The third-order valence-corrected chi connectivity index (χ3v) is 7.12. The lowest BCUT2D eigenvalue weighted by Gasteiger charge is -2.35. The summed E-state index contributed by atoms with van der Waals surface area (Å²) in [4.78, 5) is 46.1. The molecule has 3 aliphatic heterocycles. The first-order valence-electron chi connectivity index (χ1n) is 11.9. The molecule has 4 heterocycles. The van der Waals surface area contributed by atoms with E-state index in [1.54, 1.807) is 7.05 Å². The molecule has 2 fully saturated rings. The topological polar surface area (TPSA) is 126 Å². The van der Waals surface area contributed by atoms with Crippen molar-refractivity contribution in [2.45, 2.75) is 31.3 Å². The van der Waals surface area contributed by atoms with E-state index in [0.717, 1.165) is 0 Å². The standard InChI is InChI=1S/C24H28FN5O6/c1-28-6-7-29(23(28)34)17-12-16(25)3-2-15(17)13-26-20(32)18-19(31)21(33)30-8-11-36-14-24(22(30)27-18)4-9-35-10-5-24/h2-3,12,31H,4-11,13-14H2,1H3,(H,26,32). The number of hydrogen-bond donors (Lipinski definition) is 2. The van der Waals surface area contributed by atoms with Gasteiger partial charge in [0.25, 0.3) is 11.5 Å². The third-order valence-electron chi connectivity index (χ3n) is 7.12. The summed E-state index contributed by atoms with van der Waals surface area (Å²) in [5, 5.41) is 13.3. The quantitative estimate of drug-likeness (QED) is 0.639. The number of nitrogens with one attached hydrogen (secondary N) is 1. The maximum Gasteiger partial charge on any atom is 0.324 e. The zero-order valence-corrected chi connectivity index (χ0v) is 20.0. The van der Waals surface area contributed by atoms with Crippen molar-refractivity contribution in [3.63, 3.8) is 0 Å². The van der Waals surface area contributed by atoms with Crippen molar-refractivity contribution in [1.82, 2.24) is 19.8 Å². The van der Waals surface area contributed by atoms with Crippen LogP contribution in [0.2, 0.25) is 0 Å². The summed E-state index contributed by atoms with van der Waals surface area (Å²) >= 11 is 0. The Morgan fingerprint density at radius 1 is 1.17 bits per heavy atom. The monoisotopic (exact) mass is 501 g/mol. The number of aromatic hydroxyl groups is 1. The van der Waals surface area contributed by atoms with E-state index < -0.39 is 28.4 Å². The molecule has 3 amide bonds. The fourth-order valence-corrected chi connectivity index (χ4v) is 5.00. The molecule has 2 N–H and O–H groups in total. The Bertz CT molecular complexity index is 1260. The van der Waals surface area contributed by atoms with E-state index in [-0.39, 0.29) is 24.8 Å². The number of ether oxygens (including phenoxy) is 2. The molecular formula is C24H28FN5O6. The molecule has 1 spiro atoms. The zero-order chi connectivity index (χ0) is 25.4. The molecule has 0 bridgehead atoms. The summed E-state index contributed by atoms with van der Waals surface area (Å²) in [5.41, 5.74) is -0.812. The molecule has 0 radical (unpaired) electrons. The molecule has 0 saturated carbocycles. The van der Waals surface area contributed by atoms with E-state index in [4.69, 9.17) is 9.47 Å². The van der Waals surface area contributed by atoms with Gasteiger partial charge in [0.2, 0.25) is 5.75 Å². The van der Waals surface area contributed by atoms with Crippen LogP contribution in [0.3, 0.4) is 0 Å². The Labute approximate surface area is 206 Å². The van der Waals surface area contributed by atoms with Crippen molar-refractivity contribution in [3.05, 3.63) is 51.5 Å². The van der Waals surface area contributed by atoms with E-state index in [0.29, 0.717) is 69.4 Å². The van der Waals surface area contributed by atoms with Crippen molar-refractivity contribution < 1.29 is 28.6 Å². The summed E-state index contributed by atoms with van der Waals surface area (Å²) in [6.07, 6.45) is 1.14. The number of rotatable bonds is 4. The Hall–Kier alpha value is -3.51. The van der Waals surface area contributed by atoms with E-state index in [2.05, 4.69) is 10.3 Å². The number of halogens is 1. The fourth-order valence-electron chi connectivity index (χ4n) is 5.00. The van der Waals surface area contributed by atoms with Gasteiger partial charge in [-0.15, -0.1) is 0 Å². The molecule has 2 saturated heterocycles. The van der Waals surface area contributed by atoms with E-state index in [1.807, 2.05) is 0 Å². The van der Waals surface area contributed by atoms with E-state index >= 15 is 0 Å². The number of nitrogens with zero attached hydrogens (tertiary/aromatic N) is 4. The molecule has 3 aliphatic rings. The minimum atomic E-state index is -0.750. The van der Waals surface area contributed by atoms with Crippen LogP contribution in [0.15, 0.2) is 23.0 Å². The van der Waals surface area contributed by atoms with Crippen molar-refractivity contribution in [2.24, 2.45) is 0 Å². The Morgan fingerprint density at radius 3 is 2.67 bits per heavy atom. The van der Waals surface area contributed by atoms with Crippen LogP contribution in [0, 0.1) is 5.82 Å². The lowest BCUT2D eigenvalue weighted by Crippen LogP contribution is -2.43. The smallest absolute Gasteiger partial charge is 0.324 e. The van der Waals surface area contributed by atoms with Crippen LogP contribution < -0.4 is 15.8 Å². The van der Waals surface area contributed by atoms with Gasteiger partial charge in [0.05, 0.1) is 30.9 Å². The van der Waals surface area contributed by atoms with Crippen LogP contribution in [0.1, 0.15) is 34.7 Å². The van der Waals surface area contributed by atoms with Crippen LogP contribution in [0.5, 0.6) is 5.75 Å². The highest BCUT2D eigenvalue weighted by molar-refractivity contribution is 5.96. The molecule has 36 heavy (non-hydrogen) atoms. The summed E-state index contributed by atoms with van der Waals surface area (Å²) in [6, 6.07) is 3.71. The fraction of sp³-hybridized carbons (Fsp3) is 0.500. The summed E-state index contributed by atoms with van der Waals surface area (Å²) in [5.74, 6) is -1.59. The van der Waals surface area contributed by atoms with Gasteiger partial charge in [0.1, 0.15) is 11.6 Å². The summed E-state index contributed by atoms with van der Waals surface area (Å²) < 4.78 is 26.6. The lowest BCUT2D eigenvalue weighted by molar-refractivity contribution is 0.00413. The second-order valence-electron chi connectivity index (χ2n) is 9.35. The predicted octanol–water partition coefficient (Wildman–Crippen LogP) is 0.968. The molecule has 2 aromatic rings. The van der Waals surface area contributed by atoms with Crippen molar-refractivity contribution in [2.75, 3.05) is 51.5 Å². The third kappa shape index (κ3) is 4.20. The number of amides is 3. The average Bonchev–Trinajstić information content (AvgIpc) is 3.11. The first kappa shape index (κ1) is 24.2. The maximum absolute atomic E-state index is 14.0. The van der Waals surface area contributed by atoms with Gasteiger partial charge in [0, 0.05) is 39.9 Å². The Kier molecular flexibility index (Phi) is 6.39.